The van der Waals surface area contributed by atoms with Crippen LogP contribution in [0.1, 0.15) is 5.69 Å². The molecule has 3 heterocycles. The zero-order chi connectivity index (χ0) is 17.6. The van der Waals surface area contributed by atoms with Crippen molar-refractivity contribution in [3.63, 3.8) is 0 Å². The fourth-order valence-electron chi connectivity index (χ4n) is 2.96. The van der Waals surface area contributed by atoms with Crippen molar-refractivity contribution in [3.05, 3.63) is 71.7 Å². The topological polar surface area (TPSA) is 39.5 Å². The third-order valence-corrected chi connectivity index (χ3v) is 4.34. The molecule has 0 bridgehead atoms. The first-order valence-electron chi connectivity index (χ1n) is 7.73. The minimum atomic E-state index is -0.278. The van der Waals surface area contributed by atoms with Gasteiger partial charge in [0.15, 0.2) is 0 Å². The average Bonchev–Trinajstić information content (AvgIpc) is 3.16. The van der Waals surface area contributed by atoms with Gasteiger partial charge in [0, 0.05) is 35.5 Å². The number of pyridine rings is 1. The molecule has 122 valence electrons. The molecule has 5 nitrogen and oxygen atoms in total. The van der Waals surface area contributed by atoms with Gasteiger partial charge in [-0.05, 0) is 37.3 Å². The second-order valence-electron chi connectivity index (χ2n) is 5.81. The molecule has 0 aliphatic carbocycles. The van der Waals surface area contributed by atoms with Crippen LogP contribution in [0.5, 0.6) is 0 Å². The smallest absolute Gasteiger partial charge is 0.254 e. The highest BCUT2D eigenvalue weighted by molar-refractivity contribution is 5.83. The van der Waals surface area contributed by atoms with Gasteiger partial charge in [0.25, 0.3) is 5.82 Å². The van der Waals surface area contributed by atoms with E-state index in [0.29, 0.717) is 5.82 Å². The summed E-state index contributed by atoms with van der Waals surface area (Å²) in [5.41, 5.74) is 5.23. The van der Waals surface area contributed by atoms with Crippen molar-refractivity contribution in [1.82, 2.24) is 19.2 Å². The second kappa shape index (κ2) is 5.56. The van der Waals surface area contributed by atoms with Crippen molar-refractivity contribution < 1.29 is 4.39 Å². The number of rotatable bonds is 2. The first-order valence-corrected chi connectivity index (χ1v) is 7.73. The number of imidazole rings is 1. The van der Waals surface area contributed by atoms with Crippen LogP contribution in [0.25, 0.3) is 32.9 Å². The van der Waals surface area contributed by atoms with E-state index in [1.54, 1.807) is 22.7 Å². The molecule has 0 N–H and O–H groups in total. The number of halogens is 1. The maximum atomic E-state index is 13.3. The summed E-state index contributed by atoms with van der Waals surface area (Å²) in [6.45, 7) is 9.26. The first kappa shape index (κ1) is 15.1. The minimum absolute atomic E-state index is 0.278. The number of hydrogen-bond acceptors (Lipinski definition) is 2. The standard InChI is InChI=1S/C19H14FN5/c1-12-18(14-6-9-16-22-10-17(21-2)25(16)11-14)19(23-24(12)3)13-4-7-15(20)8-5-13/h4-11H,1,3H3. The Morgan fingerprint density at radius 3 is 2.52 bits per heavy atom. The fraction of sp³-hybridized carbons (Fsp3) is 0.105. The summed E-state index contributed by atoms with van der Waals surface area (Å²) in [5, 5.41) is 4.61. The molecule has 0 atom stereocenters. The molecule has 0 fully saturated rings. The lowest BCUT2D eigenvalue weighted by Crippen LogP contribution is -1.93. The predicted octanol–water partition coefficient (Wildman–Crippen LogP) is 4.40. The molecule has 0 saturated heterocycles. The maximum Gasteiger partial charge on any atom is 0.254 e. The van der Waals surface area contributed by atoms with E-state index in [-0.39, 0.29) is 5.82 Å². The van der Waals surface area contributed by atoms with Crippen LogP contribution < -0.4 is 0 Å². The van der Waals surface area contributed by atoms with Crippen LogP contribution in [0.4, 0.5) is 10.2 Å². The van der Waals surface area contributed by atoms with E-state index >= 15 is 0 Å². The Labute approximate surface area is 143 Å². The van der Waals surface area contributed by atoms with Crippen LogP contribution in [0.15, 0.2) is 48.8 Å². The van der Waals surface area contributed by atoms with Gasteiger partial charge in [-0.1, -0.05) is 6.57 Å². The van der Waals surface area contributed by atoms with Crippen LogP contribution in [0.2, 0.25) is 0 Å². The molecule has 4 rings (SSSR count). The second-order valence-corrected chi connectivity index (χ2v) is 5.81. The van der Waals surface area contributed by atoms with Gasteiger partial charge in [0.2, 0.25) is 5.65 Å². The lowest BCUT2D eigenvalue weighted by Gasteiger charge is -2.05. The summed E-state index contributed by atoms with van der Waals surface area (Å²) >= 11 is 0. The lowest BCUT2D eigenvalue weighted by molar-refractivity contribution is 0.628. The number of benzene rings is 1. The average molecular weight is 331 g/mol. The Morgan fingerprint density at radius 2 is 1.80 bits per heavy atom. The van der Waals surface area contributed by atoms with Crippen LogP contribution in [-0.4, -0.2) is 19.2 Å². The molecule has 0 radical (unpaired) electrons. The Morgan fingerprint density at radius 1 is 1.08 bits per heavy atom. The highest BCUT2D eigenvalue weighted by Gasteiger charge is 2.18. The molecular formula is C19H14FN5. The van der Waals surface area contributed by atoms with Crippen LogP contribution >= 0.6 is 0 Å². The number of hydrogen-bond donors (Lipinski definition) is 0. The molecule has 4 aromatic rings. The van der Waals surface area contributed by atoms with Crippen molar-refractivity contribution in [2.24, 2.45) is 7.05 Å². The zero-order valence-electron chi connectivity index (χ0n) is 13.7. The van der Waals surface area contributed by atoms with Gasteiger partial charge in [0.1, 0.15) is 11.5 Å². The van der Waals surface area contributed by atoms with Crippen LogP contribution in [0.3, 0.4) is 0 Å². The Hall–Kier alpha value is -3.46. The molecule has 0 amide bonds. The third-order valence-electron chi connectivity index (χ3n) is 4.34. The molecular weight excluding hydrogens is 317 g/mol. The van der Waals surface area contributed by atoms with Gasteiger partial charge >= 0.3 is 0 Å². The molecule has 0 aliphatic heterocycles. The SMILES string of the molecule is [C-]#[N+]c1cnc2ccc(-c3c(-c4ccc(F)cc4)nn(C)c3C)cn12. The summed E-state index contributed by atoms with van der Waals surface area (Å²) in [5.74, 6) is 0.182. The van der Waals surface area contributed by atoms with E-state index in [1.807, 2.05) is 37.0 Å². The normalized spacial score (nSPS) is 11.0. The van der Waals surface area contributed by atoms with Crippen LogP contribution in [0, 0.1) is 19.3 Å². The Bertz CT molecular complexity index is 1130. The molecule has 6 heteroatoms. The highest BCUT2D eigenvalue weighted by atomic mass is 19.1. The number of nitrogens with zero attached hydrogens (tertiary/aromatic N) is 5. The summed E-state index contributed by atoms with van der Waals surface area (Å²) in [6, 6.07) is 10.2. The van der Waals surface area contributed by atoms with Gasteiger partial charge < -0.3 is 4.85 Å². The quantitative estimate of drug-likeness (QED) is 0.511. The van der Waals surface area contributed by atoms with Gasteiger partial charge in [-0.2, -0.15) is 5.10 Å². The van der Waals surface area contributed by atoms with Crippen molar-refractivity contribution in [1.29, 1.82) is 0 Å². The Kier molecular flexibility index (Phi) is 3.36. The van der Waals surface area contributed by atoms with E-state index in [4.69, 9.17) is 6.57 Å². The summed E-state index contributed by atoms with van der Waals surface area (Å²) < 4.78 is 16.8. The minimum Gasteiger partial charge on any atom is -0.362 e. The summed E-state index contributed by atoms with van der Waals surface area (Å²) in [6.07, 6.45) is 3.45. The van der Waals surface area contributed by atoms with Gasteiger partial charge in [0.05, 0.1) is 12.4 Å². The van der Waals surface area contributed by atoms with Crippen molar-refractivity contribution in [2.45, 2.75) is 6.92 Å². The monoisotopic (exact) mass is 331 g/mol. The molecule has 0 saturated carbocycles. The maximum absolute atomic E-state index is 13.3. The van der Waals surface area contributed by atoms with Gasteiger partial charge in [-0.15, -0.1) is 0 Å². The van der Waals surface area contributed by atoms with E-state index in [2.05, 4.69) is 14.9 Å². The Balaban J connectivity index is 1.96. The largest absolute Gasteiger partial charge is 0.362 e. The van der Waals surface area contributed by atoms with E-state index in [0.717, 1.165) is 33.7 Å². The predicted molar refractivity (Wildman–Crippen MR) is 93.8 cm³/mol. The number of aryl methyl sites for hydroxylation is 1. The van der Waals surface area contributed by atoms with E-state index in [9.17, 15) is 4.39 Å². The molecule has 25 heavy (non-hydrogen) atoms. The molecule has 3 aromatic heterocycles. The van der Waals surface area contributed by atoms with Gasteiger partial charge in [-0.25, -0.2) is 13.8 Å². The molecule has 1 aromatic carbocycles. The lowest BCUT2D eigenvalue weighted by atomic mass is 10.0. The molecule has 0 unspecified atom stereocenters. The van der Waals surface area contributed by atoms with Crippen molar-refractivity contribution in [3.8, 4) is 22.4 Å². The van der Waals surface area contributed by atoms with E-state index in [1.165, 1.54) is 12.1 Å². The fourth-order valence-corrected chi connectivity index (χ4v) is 2.96. The highest BCUT2D eigenvalue weighted by Crippen LogP contribution is 2.34. The zero-order valence-corrected chi connectivity index (χ0v) is 13.7. The first-order chi connectivity index (χ1) is 12.1. The van der Waals surface area contributed by atoms with E-state index < -0.39 is 0 Å². The third kappa shape index (κ3) is 2.37. The summed E-state index contributed by atoms with van der Waals surface area (Å²) in [7, 11) is 1.88. The van der Waals surface area contributed by atoms with Crippen molar-refractivity contribution >= 4 is 11.5 Å². The summed E-state index contributed by atoms with van der Waals surface area (Å²) in [4.78, 5) is 7.73. The van der Waals surface area contributed by atoms with Crippen LogP contribution in [-0.2, 0) is 7.05 Å². The van der Waals surface area contributed by atoms with Gasteiger partial charge in [-0.3, -0.25) is 4.68 Å². The molecule has 0 aliphatic rings. The van der Waals surface area contributed by atoms with Crippen molar-refractivity contribution in [2.75, 3.05) is 0 Å². The number of fused-ring (bicyclic) bond motifs is 1. The number of aromatic nitrogens is 4. The molecule has 0 spiro atoms.